The Balaban J connectivity index is 1.85. The van der Waals surface area contributed by atoms with Crippen molar-refractivity contribution in [1.82, 2.24) is 13.9 Å². The van der Waals surface area contributed by atoms with Gasteiger partial charge in [-0.25, -0.2) is 0 Å². The van der Waals surface area contributed by atoms with Crippen molar-refractivity contribution in [1.29, 1.82) is 0 Å². The molecule has 0 aromatic rings. The molecule has 0 aromatic carbocycles. The first kappa shape index (κ1) is 17.4. The zero-order valence-corrected chi connectivity index (χ0v) is 14.3. The number of carbonyl (C=O) groups excluding carboxylic acids is 1. The van der Waals surface area contributed by atoms with Crippen molar-refractivity contribution in [2.45, 2.75) is 44.6 Å². The Bertz CT molecular complexity index is 516. The number of nitrogens with one attached hydrogen (secondary N) is 1. The molecule has 1 aliphatic heterocycles. The molecule has 0 spiro atoms. The van der Waals surface area contributed by atoms with Crippen molar-refractivity contribution < 1.29 is 13.2 Å². The van der Waals surface area contributed by atoms with Gasteiger partial charge >= 0.3 is 0 Å². The van der Waals surface area contributed by atoms with E-state index in [0.717, 1.165) is 32.1 Å². The molecule has 1 amide bonds. The topological polar surface area (TPSA) is 69.7 Å². The van der Waals surface area contributed by atoms with Gasteiger partial charge in [-0.1, -0.05) is 12.2 Å². The van der Waals surface area contributed by atoms with E-state index in [1.54, 1.807) is 0 Å². The lowest BCUT2D eigenvalue weighted by atomic mass is 9.91. The third-order valence-electron chi connectivity index (χ3n) is 4.39. The van der Waals surface area contributed by atoms with Gasteiger partial charge in [-0.2, -0.15) is 17.0 Å². The van der Waals surface area contributed by atoms with Crippen LogP contribution >= 0.6 is 0 Å². The minimum atomic E-state index is -3.39. The highest BCUT2D eigenvalue weighted by molar-refractivity contribution is 7.86. The number of piperidine rings is 1. The van der Waals surface area contributed by atoms with Crippen LogP contribution in [0.5, 0.6) is 0 Å². The minimum absolute atomic E-state index is 0.0504. The largest absolute Gasteiger partial charge is 0.352 e. The van der Waals surface area contributed by atoms with Gasteiger partial charge in [-0.15, -0.1) is 0 Å². The predicted octanol–water partition coefficient (Wildman–Crippen LogP) is 1.12. The maximum absolute atomic E-state index is 12.2. The summed E-state index contributed by atoms with van der Waals surface area (Å²) in [6, 6.07) is -0.0740. The summed E-state index contributed by atoms with van der Waals surface area (Å²) >= 11 is 0. The van der Waals surface area contributed by atoms with Gasteiger partial charge in [-0.05, 0) is 38.0 Å². The maximum atomic E-state index is 12.2. The molecule has 1 aliphatic carbocycles. The molecular formula is C15H27N3O3S. The van der Waals surface area contributed by atoms with Crippen LogP contribution < -0.4 is 5.32 Å². The van der Waals surface area contributed by atoms with Crippen LogP contribution in [-0.2, 0) is 15.0 Å². The Kier molecular flexibility index (Phi) is 6.00. The molecule has 1 heterocycles. The second kappa shape index (κ2) is 7.57. The highest BCUT2D eigenvalue weighted by Gasteiger charge is 2.31. The van der Waals surface area contributed by atoms with Gasteiger partial charge in [0.05, 0.1) is 0 Å². The second-order valence-electron chi connectivity index (χ2n) is 6.41. The molecule has 0 radical (unpaired) electrons. The lowest BCUT2D eigenvalue weighted by molar-refractivity contribution is -0.123. The Labute approximate surface area is 133 Å². The molecule has 0 aromatic heterocycles. The summed E-state index contributed by atoms with van der Waals surface area (Å²) in [4.78, 5) is 12.2. The highest BCUT2D eigenvalue weighted by atomic mass is 32.2. The van der Waals surface area contributed by atoms with Gasteiger partial charge in [-0.3, -0.25) is 4.79 Å². The fourth-order valence-corrected chi connectivity index (χ4v) is 4.28. The first-order valence-corrected chi connectivity index (χ1v) is 9.41. The zero-order valence-electron chi connectivity index (χ0n) is 13.5. The molecule has 22 heavy (non-hydrogen) atoms. The van der Waals surface area contributed by atoms with Crippen LogP contribution in [0.2, 0.25) is 0 Å². The Morgan fingerprint density at radius 1 is 1.32 bits per heavy atom. The third-order valence-corrected chi connectivity index (χ3v) is 6.30. The molecule has 2 aliphatic rings. The number of hydrogen-bond acceptors (Lipinski definition) is 3. The Morgan fingerprint density at radius 2 is 2.09 bits per heavy atom. The van der Waals surface area contributed by atoms with Gasteiger partial charge in [0.2, 0.25) is 5.91 Å². The van der Waals surface area contributed by atoms with Crippen molar-refractivity contribution in [3.63, 3.8) is 0 Å². The number of carbonyl (C=O) groups is 1. The fraction of sp³-hybridized carbons (Fsp3) is 0.800. The highest BCUT2D eigenvalue weighted by Crippen LogP contribution is 2.22. The molecule has 0 bridgehead atoms. The van der Waals surface area contributed by atoms with Crippen LogP contribution in [-0.4, -0.2) is 56.2 Å². The summed E-state index contributed by atoms with van der Waals surface area (Å²) < 4.78 is 27.0. The van der Waals surface area contributed by atoms with E-state index >= 15 is 0 Å². The van der Waals surface area contributed by atoms with Crippen molar-refractivity contribution in [2.75, 3.05) is 27.2 Å². The number of hydrogen-bond donors (Lipinski definition) is 1. The Hall–Kier alpha value is -0.920. The van der Waals surface area contributed by atoms with E-state index in [9.17, 15) is 13.2 Å². The van der Waals surface area contributed by atoms with Crippen LogP contribution in [0.4, 0.5) is 0 Å². The molecule has 6 nitrogen and oxygen atoms in total. The van der Waals surface area contributed by atoms with E-state index in [1.807, 2.05) is 0 Å². The molecule has 2 rings (SSSR count). The minimum Gasteiger partial charge on any atom is -0.352 e. The van der Waals surface area contributed by atoms with Crippen LogP contribution in [0.15, 0.2) is 12.2 Å². The number of amides is 1. The monoisotopic (exact) mass is 329 g/mol. The van der Waals surface area contributed by atoms with Crippen LogP contribution in [0.3, 0.4) is 0 Å². The van der Waals surface area contributed by atoms with E-state index in [0.29, 0.717) is 25.4 Å². The van der Waals surface area contributed by atoms with Crippen LogP contribution in [0.25, 0.3) is 0 Å². The summed E-state index contributed by atoms with van der Waals surface area (Å²) in [6.07, 6.45) is 9.57. The van der Waals surface area contributed by atoms with Gasteiger partial charge < -0.3 is 5.32 Å². The fourth-order valence-electron chi connectivity index (χ4n) is 3.09. The number of rotatable bonds is 5. The summed E-state index contributed by atoms with van der Waals surface area (Å²) in [6.45, 7) is 0.900. The standard InChI is InChI=1S/C15H27N3O3S/c1-17(2)22(20,21)18-10-6-9-14(12-18)16-15(19)11-13-7-4-3-5-8-13/h3-4,13-14H,5-12H2,1-2H3,(H,16,19)/t13?,14-/m1/s1. The normalized spacial score (nSPS) is 27.0. The van der Waals surface area contributed by atoms with Gasteiger partial charge in [0.1, 0.15) is 0 Å². The quantitative estimate of drug-likeness (QED) is 0.769. The first-order valence-electron chi connectivity index (χ1n) is 8.01. The summed E-state index contributed by atoms with van der Waals surface area (Å²) in [5.74, 6) is 0.476. The molecule has 2 atom stereocenters. The summed E-state index contributed by atoms with van der Waals surface area (Å²) in [7, 11) is -0.318. The molecule has 7 heteroatoms. The van der Waals surface area contributed by atoms with E-state index in [1.165, 1.54) is 22.7 Å². The van der Waals surface area contributed by atoms with Crippen molar-refractivity contribution in [3.8, 4) is 0 Å². The summed E-state index contributed by atoms with van der Waals surface area (Å²) in [5, 5.41) is 3.02. The molecule has 1 unspecified atom stereocenters. The molecule has 1 saturated heterocycles. The first-order chi connectivity index (χ1) is 10.4. The van der Waals surface area contributed by atoms with Crippen LogP contribution in [0, 0.1) is 5.92 Å². The average molecular weight is 329 g/mol. The predicted molar refractivity (Wildman–Crippen MR) is 86.4 cm³/mol. The summed E-state index contributed by atoms with van der Waals surface area (Å²) in [5.41, 5.74) is 0. The maximum Gasteiger partial charge on any atom is 0.281 e. The smallest absolute Gasteiger partial charge is 0.281 e. The Morgan fingerprint density at radius 3 is 2.73 bits per heavy atom. The van der Waals surface area contributed by atoms with E-state index < -0.39 is 10.2 Å². The van der Waals surface area contributed by atoms with Crippen molar-refractivity contribution in [2.24, 2.45) is 5.92 Å². The molecular weight excluding hydrogens is 302 g/mol. The lowest BCUT2D eigenvalue weighted by Crippen LogP contribution is -2.52. The second-order valence-corrected chi connectivity index (χ2v) is 8.55. The van der Waals surface area contributed by atoms with Crippen molar-refractivity contribution >= 4 is 16.1 Å². The van der Waals surface area contributed by atoms with Crippen molar-refractivity contribution in [3.05, 3.63) is 12.2 Å². The number of nitrogens with zero attached hydrogens (tertiary/aromatic N) is 2. The molecule has 1 N–H and O–H groups in total. The van der Waals surface area contributed by atoms with E-state index in [2.05, 4.69) is 17.5 Å². The van der Waals surface area contributed by atoms with E-state index in [4.69, 9.17) is 0 Å². The average Bonchev–Trinajstić information content (AvgIpc) is 2.48. The zero-order chi connectivity index (χ0) is 16.2. The molecule has 1 fully saturated rings. The van der Waals surface area contributed by atoms with Gasteiger partial charge in [0.15, 0.2) is 0 Å². The molecule has 126 valence electrons. The van der Waals surface area contributed by atoms with E-state index in [-0.39, 0.29) is 11.9 Å². The van der Waals surface area contributed by atoms with Gasteiger partial charge in [0, 0.05) is 39.6 Å². The van der Waals surface area contributed by atoms with Crippen LogP contribution in [0.1, 0.15) is 38.5 Å². The number of allylic oxidation sites excluding steroid dienone is 2. The van der Waals surface area contributed by atoms with Gasteiger partial charge in [0.25, 0.3) is 10.2 Å². The SMILES string of the molecule is CN(C)S(=O)(=O)N1CCC[C@@H](NC(=O)CC2CC=CCC2)C1. The third kappa shape index (κ3) is 4.54. The molecule has 0 saturated carbocycles. The lowest BCUT2D eigenvalue weighted by Gasteiger charge is -2.34.